The molecule has 0 fully saturated rings. The van der Waals surface area contributed by atoms with Crippen LogP contribution in [0.4, 0.5) is 5.69 Å². The Bertz CT molecular complexity index is 729. The lowest BCUT2D eigenvalue weighted by molar-refractivity contribution is -0.121. The summed E-state index contributed by atoms with van der Waals surface area (Å²) in [6.07, 6.45) is 1.31. The monoisotopic (exact) mass is 383 g/mol. The second-order valence-electron chi connectivity index (χ2n) is 5.81. The molecule has 8 nitrogen and oxygen atoms in total. The highest BCUT2D eigenvalue weighted by molar-refractivity contribution is 7.91. The first-order valence-corrected chi connectivity index (χ1v) is 9.97. The number of sulfone groups is 1. The number of carbonyl (C=O) groups is 3. The first-order chi connectivity index (χ1) is 12.2. The molecule has 3 amide bonds. The Morgan fingerprint density at radius 1 is 0.885 bits per heavy atom. The van der Waals surface area contributed by atoms with E-state index < -0.39 is 9.84 Å². The van der Waals surface area contributed by atoms with E-state index in [9.17, 15) is 22.8 Å². The third kappa shape index (κ3) is 8.61. The molecule has 144 valence electrons. The third-order valence-electron chi connectivity index (χ3n) is 3.43. The maximum Gasteiger partial charge on any atom is 0.221 e. The van der Waals surface area contributed by atoms with Gasteiger partial charge >= 0.3 is 0 Å². The quantitative estimate of drug-likeness (QED) is 0.517. The Morgan fingerprint density at radius 3 is 2.00 bits per heavy atom. The highest BCUT2D eigenvalue weighted by Gasteiger charge is 2.16. The number of nitrogens with one attached hydrogen (secondary N) is 3. The van der Waals surface area contributed by atoms with Gasteiger partial charge in [0.15, 0.2) is 9.84 Å². The van der Waals surface area contributed by atoms with Crippen LogP contribution in [0, 0.1) is 0 Å². The van der Waals surface area contributed by atoms with Crippen molar-refractivity contribution in [2.45, 2.75) is 38.0 Å². The van der Waals surface area contributed by atoms with Gasteiger partial charge in [0.1, 0.15) is 0 Å². The summed E-state index contributed by atoms with van der Waals surface area (Å²) in [6, 6.07) is 5.81. The van der Waals surface area contributed by atoms with E-state index in [4.69, 9.17) is 0 Å². The first kappa shape index (κ1) is 21.6. The predicted molar refractivity (Wildman–Crippen MR) is 98.3 cm³/mol. The fraction of sp³-hybridized carbons (Fsp3) is 0.471. The molecule has 0 radical (unpaired) electrons. The van der Waals surface area contributed by atoms with Crippen LogP contribution in [-0.2, 0) is 24.2 Å². The van der Waals surface area contributed by atoms with E-state index in [0.717, 1.165) is 6.42 Å². The number of unbranched alkanes of at least 4 members (excludes halogenated alkanes) is 1. The Morgan fingerprint density at radius 2 is 1.46 bits per heavy atom. The zero-order valence-corrected chi connectivity index (χ0v) is 15.8. The summed E-state index contributed by atoms with van der Waals surface area (Å²) in [6.45, 7) is 3.79. The summed E-state index contributed by atoms with van der Waals surface area (Å²) >= 11 is 0. The van der Waals surface area contributed by atoms with E-state index in [2.05, 4.69) is 16.0 Å². The molecule has 9 heteroatoms. The van der Waals surface area contributed by atoms with Crippen LogP contribution in [0.25, 0.3) is 0 Å². The minimum atomic E-state index is -3.57. The van der Waals surface area contributed by atoms with Crippen molar-refractivity contribution in [3.63, 3.8) is 0 Å². The van der Waals surface area contributed by atoms with Gasteiger partial charge in [-0.3, -0.25) is 14.4 Å². The van der Waals surface area contributed by atoms with Crippen LogP contribution in [-0.4, -0.2) is 45.0 Å². The number of hydrogen-bond acceptors (Lipinski definition) is 5. The predicted octanol–water partition coefficient (Wildman–Crippen LogP) is 0.841. The highest BCUT2D eigenvalue weighted by atomic mass is 32.2. The molecule has 26 heavy (non-hydrogen) atoms. The Hall–Kier alpha value is -2.42. The normalized spacial score (nSPS) is 10.8. The van der Waals surface area contributed by atoms with Gasteiger partial charge in [-0.05, 0) is 37.1 Å². The minimum Gasteiger partial charge on any atom is -0.356 e. The summed E-state index contributed by atoms with van der Waals surface area (Å²) in [5.74, 6) is -0.953. The molecule has 0 saturated carbocycles. The van der Waals surface area contributed by atoms with Crippen molar-refractivity contribution in [3.8, 4) is 0 Å². The highest BCUT2D eigenvalue weighted by Crippen LogP contribution is 2.16. The molecule has 0 aliphatic rings. The van der Waals surface area contributed by atoms with Crippen molar-refractivity contribution in [3.05, 3.63) is 24.3 Å². The van der Waals surface area contributed by atoms with Crippen LogP contribution in [0.3, 0.4) is 0 Å². The smallest absolute Gasteiger partial charge is 0.221 e. The molecule has 0 bridgehead atoms. The van der Waals surface area contributed by atoms with Crippen LogP contribution in [0.5, 0.6) is 0 Å². The van der Waals surface area contributed by atoms with Crippen molar-refractivity contribution in [1.29, 1.82) is 0 Å². The fourth-order valence-corrected chi connectivity index (χ4v) is 3.36. The number of rotatable bonds is 10. The number of hydrogen-bond donors (Lipinski definition) is 3. The summed E-state index contributed by atoms with van der Waals surface area (Å²) in [4.78, 5) is 33.5. The van der Waals surface area contributed by atoms with Gasteiger partial charge in [0.2, 0.25) is 17.7 Å². The van der Waals surface area contributed by atoms with Gasteiger partial charge in [0.05, 0.1) is 10.6 Å². The van der Waals surface area contributed by atoms with Crippen LogP contribution in [0.15, 0.2) is 29.2 Å². The lowest BCUT2D eigenvalue weighted by atomic mass is 10.3. The summed E-state index contributed by atoms with van der Waals surface area (Å²) in [5, 5.41) is 7.88. The first-order valence-electron chi connectivity index (χ1n) is 8.32. The van der Waals surface area contributed by atoms with Crippen LogP contribution < -0.4 is 16.0 Å². The van der Waals surface area contributed by atoms with Gasteiger partial charge in [-0.15, -0.1) is 0 Å². The molecular weight excluding hydrogens is 358 g/mol. The van der Waals surface area contributed by atoms with Crippen LogP contribution in [0.2, 0.25) is 0 Å². The maximum atomic E-state index is 12.2. The SMILES string of the molecule is CC(=O)NCCCCNC(=O)CCS(=O)(=O)c1ccc(NC(C)=O)cc1. The summed E-state index contributed by atoms with van der Waals surface area (Å²) < 4.78 is 24.5. The van der Waals surface area contributed by atoms with Gasteiger partial charge in [0.25, 0.3) is 0 Å². The van der Waals surface area contributed by atoms with E-state index in [0.29, 0.717) is 25.2 Å². The van der Waals surface area contributed by atoms with E-state index in [-0.39, 0.29) is 34.8 Å². The molecule has 0 aliphatic heterocycles. The number of benzene rings is 1. The number of carbonyl (C=O) groups excluding carboxylic acids is 3. The van der Waals surface area contributed by atoms with Gasteiger partial charge in [-0.25, -0.2) is 8.42 Å². The average molecular weight is 383 g/mol. The van der Waals surface area contributed by atoms with Crippen molar-refractivity contribution in [2.75, 3.05) is 24.2 Å². The van der Waals surface area contributed by atoms with E-state index in [1.165, 1.54) is 38.1 Å². The van der Waals surface area contributed by atoms with Crippen molar-refractivity contribution < 1.29 is 22.8 Å². The van der Waals surface area contributed by atoms with Crippen LogP contribution in [0.1, 0.15) is 33.1 Å². The molecule has 3 N–H and O–H groups in total. The lowest BCUT2D eigenvalue weighted by Gasteiger charge is -2.08. The average Bonchev–Trinajstić information content (AvgIpc) is 2.56. The van der Waals surface area contributed by atoms with Gasteiger partial charge in [0, 0.05) is 39.0 Å². The van der Waals surface area contributed by atoms with E-state index >= 15 is 0 Å². The van der Waals surface area contributed by atoms with Crippen molar-refractivity contribution in [2.24, 2.45) is 0 Å². The third-order valence-corrected chi connectivity index (χ3v) is 5.16. The van der Waals surface area contributed by atoms with E-state index in [1.54, 1.807) is 0 Å². The molecule has 0 heterocycles. The van der Waals surface area contributed by atoms with Gasteiger partial charge in [-0.2, -0.15) is 0 Å². The van der Waals surface area contributed by atoms with Crippen LogP contribution >= 0.6 is 0 Å². The second kappa shape index (κ2) is 10.5. The molecule has 0 unspecified atom stereocenters. The van der Waals surface area contributed by atoms with Crippen molar-refractivity contribution in [1.82, 2.24) is 10.6 Å². The molecule has 0 aliphatic carbocycles. The van der Waals surface area contributed by atoms with E-state index in [1.807, 2.05) is 0 Å². The Labute approximate surface area is 153 Å². The zero-order valence-electron chi connectivity index (χ0n) is 15.0. The molecule has 1 aromatic rings. The fourth-order valence-electron chi connectivity index (χ4n) is 2.12. The molecule has 1 aromatic carbocycles. The topological polar surface area (TPSA) is 121 Å². The molecule has 0 atom stereocenters. The van der Waals surface area contributed by atoms with Gasteiger partial charge < -0.3 is 16.0 Å². The zero-order chi connectivity index (χ0) is 19.6. The molecular formula is C17H25N3O5S. The maximum absolute atomic E-state index is 12.2. The molecule has 1 rings (SSSR count). The Kier molecular flexibility index (Phi) is 8.77. The van der Waals surface area contributed by atoms with Crippen molar-refractivity contribution >= 4 is 33.2 Å². The minimum absolute atomic E-state index is 0.0932. The largest absolute Gasteiger partial charge is 0.356 e. The number of amides is 3. The summed E-state index contributed by atoms with van der Waals surface area (Å²) in [7, 11) is -3.57. The molecule has 0 spiro atoms. The van der Waals surface area contributed by atoms with Gasteiger partial charge in [-0.1, -0.05) is 0 Å². The molecule has 0 aromatic heterocycles. The lowest BCUT2D eigenvalue weighted by Crippen LogP contribution is -2.27. The standard InChI is InChI=1S/C17H25N3O5S/c1-13(21)18-10-3-4-11-19-17(23)9-12-26(24,25)16-7-5-15(6-8-16)20-14(2)22/h5-8H,3-4,9-12H2,1-2H3,(H,18,21)(H,19,23)(H,20,22). The Balaban J connectivity index is 2.36. The number of anilines is 1. The second-order valence-corrected chi connectivity index (χ2v) is 7.92. The summed E-state index contributed by atoms with van der Waals surface area (Å²) in [5.41, 5.74) is 0.508. The molecule has 0 saturated heterocycles.